The van der Waals surface area contributed by atoms with E-state index in [0.717, 1.165) is 29.8 Å². The van der Waals surface area contributed by atoms with Crippen LogP contribution in [-0.4, -0.2) is 28.1 Å². The van der Waals surface area contributed by atoms with Gasteiger partial charge in [-0.15, -0.1) is 10.2 Å². The molecule has 0 radical (unpaired) electrons. The smallest absolute Gasteiger partial charge is 0.251 e. The van der Waals surface area contributed by atoms with Gasteiger partial charge in [0.2, 0.25) is 11.0 Å². The molecule has 26 heavy (non-hydrogen) atoms. The number of nitrogens with zero attached hydrogens (tertiary/aromatic N) is 2. The predicted molar refractivity (Wildman–Crippen MR) is 104 cm³/mol. The molecule has 1 unspecified atom stereocenters. The van der Waals surface area contributed by atoms with E-state index in [1.165, 1.54) is 11.3 Å². The average Bonchev–Trinajstić information content (AvgIpc) is 3.05. The summed E-state index contributed by atoms with van der Waals surface area (Å²) in [7, 11) is 0. The van der Waals surface area contributed by atoms with Gasteiger partial charge in [-0.25, -0.2) is 0 Å². The quantitative estimate of drug-likeness (QED) is 0.740. The normalized spacial score (nSPS) is 12.0. The highest BCUT2D eigenvalue weighted by atomic mass is 32.1. The molecule has 0 aliphatic carbocycles. The fourth-order valence-electron chi connectivity index (χ4n) is 2.38. The van der Waals surface area contributed by atoms with Gasteiger partial charge in [0.05, 0.1) is 0 Å². The van der Waals surface area contributed by atoms with Gasteiger partial charge >= 0.3 is 0 Å². The third-order valence-electron chi connectivity index (χ3n) is 3.99. The number of unbranched alkanes of at least 4 members (excludes halogenated alkanes) is 1. The molecule has 140 valence electrons. The zero-order chi connectivity index (χ0) is 19.1. The first kappa shape index (κ1) is 20.0. The van der Waals surface area contributed by atoms with E-state index in [9.17, 15) is 9.59 Å². The molecule has 2 aromatic rings. The SMILES string of the molecule is CCCCc1nnc(NC(=O)C(NC(=O)c2ccc(C)cc2)C(C)C)s1. The Morgan fingerprint density at radius 2 is 1.85 bits per heavy atom. The lowest BCUT2D eigenvalue weighted by Crippen LogP contribution is -2.47. The van der Waals surface area contributed by atoms with Crippen LogP contribution in [0.2, 0.25) is 0 Å². The van der Waals surface area contributed by atoms with Crippen molar-refractivity contribution in [2.75, 3.05) is 5.32 Å². The molecule has 0 spiro atoms. The summed E-state index contributed by atoms with van der Waals surface area (Å²) in [6.45, 7) is 7.87. The van der Waals surface area contributed by atoms with Gasteiger partial charge in [-0.3, -0.25) is 14.9 Å². The number of rotatable bonds is 8. The van der Waals surface area contributed by atoms with Gasteiger partial charge in [-0.05, 0) is 31.4 Å². The summed E-state index contributed by atoms with van der Waals surface area (Å²) < 4.78 is 0. The molecule has 1 aromatic carbocycles. The first-order valence-electron chi connectivity index (χ1n) is 8.91. The van der Waals surface area contributed by atoms with Gasteiger partial charge in [0.15, 0.2) is 0 Å². The van der Waals surface area contributed by atoms with E-state index < -0.39 is 6.04 Å². The molecule has 0 saturated carbocycles. The summed E-state index contributed by atoms with van der Waals surface area (Å²) in [6.07, 6.45) is 2.99. The minimum Gasteiger partial charge on any atom is -0.340 e. The molecule has 0 fully saturated rings. The molecule has 2 rings (SSSR count). The number of carbonyl (C=O) groups is 2. The van der Waals surface area contributed by atoms with E-state index in [2.05, 4.69) is 27.8 Å². The highest BCUT2D eigenvalue weighted by Crippen LogP contribution is 2.18. The van der Waals surface area contributed by atoms with Gasteiger partial charge in [0.1, 0.15) is 11.0 Å². The summed E-state index contributed by atoms with van der Waals surface area (Å²) in [5.74, 6) is -0.602. The van der Waals surface area contributed by atoms with Crippen LogP contribution in [0.1, 0.15) is 54.5 Å². The fraction of sp³-hybridized carbons (Fsp3) is 0.474. The Hall–Kier alpha value is -2.28. The highest BCUT2D eigenvalue weighted by molar-refractivity contribution is 7.15. The van der Waals surface area contributed by atoms with Crippen molar-refractivity contribution in [3.63, 3.8) is 0 Å². The summed E-state index contributed by atoms with van der Waals surface area (Å²) >= 11 is 1.38. The maximum atomic E-state index is 12.6. The lowest BCUT2D eigenvalue weighted by molar-refractivity contribution is -0.118. The molecule has 0 aliphatic heterocycles. The second kappa shape index (κ2) is 9.43. The Morgan fingerprint density at radius 3 is 2.46 bits per heavy atom. The zero-order valence-corrected chi connectivity index (χ0v) is 16.5. The number of aryl methyl sites for hydroxylation is 2. The predicted octanol–water partition coefficient (Wildman–Crippen LogP) is 3.58. The summed E-state index contributed by atoms with van der Waals surface area (Å²) in [5.41, 5.74) is 1.61. The third-order valence-corrected chi connectivity index (χ3v) is 4.89. The molecule has 2 amide bonds. The van der Waals surface area contributed by atoms with Crippen LogP contribution in [0.4, 0.5) is 5.13 Å². The Bertz CT molecular complexity index is 740. The molecule has 7 heteroatoms. The minimum absolute atomic E-state index is 0.0584. The van der Waals surface area contributed by atoms with Gasteiger partial charge in [0, 0.05) is 12.0 Å². The van der Waals surface area contributed by atoms with Crippen LogP contribution < -0.4 is 10.6 Å². The Morgan fingerprint density at radius 1 is 1.15 bits per heavy atom. The summed E-state index contributed by atoms with van der Waals surface area (Å²) in [5, 5.41) is 15.1. The van der Waals surface area contributed by atoms with Crippen LogP contribution in [0.3, 0.4) is 0 Å². The van der Waals surface area contributed by atoms with Crippen molar-refractivity contribution in [2.45, 2.75) is 53.0 Å². The van der Waals surface area contributed by atoms with Crippen LogP contribution in [0.15, 0.2) is 24.3 Å². The van der Waals surface area contributed by atoms with E-state index in [0.29, 0.717) is 10.7 Å². The average molecular weight is 375 g/mol. The number of anilines is 1. The van der Waals surface area contributed by atoms with Gasteiger partial charge in [0.25, 0.3) is 5.91 Å². The largest absolute Gasteiger partial charge is 0.340 e. The molecule has 0 aliphatic rings. The van der Waals surface area contributed by atoms with Crippen molar-refractivity contribution in [2.24, 2.45) is 5.92 Å². The Balaban J connectivity index is 2.01. The van der Waals surface area contributed by atoms with Crippen molar-refractivity contribution in [3.8, 4) is 0 Å². The van der Waals surface area contributed by atoms with Crippen LogP contribution in [0.25, 0.3) is 0 Å². The molecule has 2 N–H and O–H groups in total. The van der Waals surface area contributed by atoms with Crippen molar-refractivity contribution >= 4 is 28.3 Å². The number of hydrogen-bond donors (Lipinski definition) is 2. The highest BCUT2D eigenvalue weighted by Gasteiger charge is 2.25. The van der Waals surface area contributed by atoms with E-state index in [4.69, 9.17) is 0 Å². The lowest BCUT2D eigenvalue weighted by atomic mass is 10.0. The molecular formula is C19H26N4O2S. The van der Waals surface area contributed by atoms with Crippen molar-refractivity contribution < 1.29 is 9.59 Å². The molecule has 1 atom stereocenters. The number of amides is 2. The first-order valence-corrected chi connectivity index (χ1v) is 9.73. The van der Waals surface area contributed by atoms with E-state index >= 15 is 0 Å². The standard InChI is InChI=1S/C19H26N4O2S/c1-5-6-7-15-22-23-19(26-15)21-18(25)16(12(2)3)20-17(24)14-10-8-13(4)9-11-14/h8-12,16H,5-7H2,1-4H3,(H,20,24)(H,21,23,25). The Kier molecular flexibility index (Phi) is 7.26. The van der Waals surface area contributed by atoms with E-state index in [1.54, 1.807) is 12.1 Å². The van der Waals surface area contributed by atoms with Crippen LogP contribution in [0, 0.1) is 12.8 Å². The van der Waals surface area contributed by atoms with Crippen LogP contribution >= 0.6 is 11.3 Å². The summed E-state index contributed by atoms with van der Waals surface area (Å²) in [6, 6.07) is 6.61. The van der Waals surface area contributed by atoms with Gasteiger partial charge < -0.3 is 5.32 Å². The number of benzene rings is 1. The molecule has 1 heterocycles. The number of hydrogen-bond acceptors (Lipinski definition) is 5. The van der Waals surface area contributed by atoms with E-state index in [-0.39, 0.29) is 17.7 Å². The first-order chi connectivity index (χ1) is 12.4. The molecule has 0 saturated heterocycles. The maximum Gasteiger partial charge on any atom is 0.251 e. The number of carbonyl (C=O) groups excluding carboxylic acids is 2. The monoisotopic (exact) mass is 374 g/mol. The Labute approximate surface area is 158 Å². The van der Waals surface area contributed by atoms with Crippen LogP contribution in [-0.2, 0) is 11.2 Å². The minimum atomic E-state index is -0.646. The fourth-order valence-corrected chi connectivity index (χ4v) is 3.17. The third kappa shape index (κ3) is 5.62. The van der Waals surface area contributed by atoms with Gasteiger partial charge in [-0.2, -0.15) is 0 Å². The molecular weight excluding hydrogens is 348 g/mol. The molecule has 1 aromatic heterocycles. The second-order valence-electron chi connectivity index (χ2n) is 6.65. The topological polar surface area (TPSA) is 84.0 Å². The lowest BCUT2D eigenvalue weighted by Gasteiger charge is -2.21. The zero-order valence-electron chi connectivity index (χ0n) is 15.7. The molecule has 0 bridgehead atoms. The van der Waals surface area contributed by atoms with Crippen LogP contribution in [0.5, 0.6) is 0 Å². The van der Waals surface area contributed by atoms with E-state index in [1.807, 2.05) is 32.9 Å². The van der Waals surface area contributed by atoms with Crippen molar-refractivity contribution in [1.82, 2.24) is 15.5 Å². The summed E-state index contributed by atoms with van der Waals surface area (Å²) in [4.78, 5) is 25.0. The maximum absolute atomic E-state index is 12.6. The van der Waals surface area contributed by atoms with Gasteiger partial charge in [-0.1, -0.05) is 56.2 Å². The number of nitrogens with one attached hydrogen (secondary N) is 2. The second-order valence-corrected chi connectivity index (χ2v) is 7.72. The number of aromatic nitrogens is 2. The van der Waals surface area contributed by atoms with Crippen molar-refractivity contribution in [3.05, 3.63) is 40.4 Å². The molecule has 6 nitrogen and oxygen atoms in total. The van der Waals surface area contributed by atoms with Crippen molar-refractivity contribution in [1.29, 1.82) is 0 Å².